The zero-order valence-corrected chi connectivity index (χ0v) is 18.0. The van der Waals surface area contributed by atoms with Gasteiger partial charge in [0.05, 0.1) is 30.2 Å². The van der Waals surface area contributed by atoms with Gasteiger partial charge in [-0.25, -0.2) is 8.78 Å². The van der Waals surface area contributed by atoms with E-state index < -0.39 is 11.6 Å². The largest absolute Gasteiger partial charge is 0.466 e. The molecule has 1 aliphatic carbocycles. The lowest BCUT2D eigenvalue weighted by molar-refractivity contribution is -0.145. The number of fused-ring (bicyclic) bond motifs is 1. The lowest BCUT2D eigenvalue weighted by atomic mass is 9.99. The molecule has 0 bridgehead atoms. The van der Waals surface area contributed by atoms with Crippen molar-refractivity contribution >= 4 is 17.0 Å². The molecule has 1 N–H and O–H groups in total. The Kier molecular flexibility index (Phi) is 5.54. The quantitative estimate of drug-likeness (QED) is 0.366. The van der Waals surface area contributed by atoms with Crippen molar-refractivity contribution in [2.75, 3.05) is 13.2 Å². The molecule has 1 aromatic heterocycles. The van der Waals surface area contributed by atoms with Crippen molar-refractivity contribution in [1.82, 2.24) is 9.97 Å². The zero-order chi connectivity index (χ0) is 22.9. The molecule has 33 heavy (non-hydrogen) atoms. The maximum atomic E-state index is 15.3. The van der Waals surface area contributed by atoms with Gasteiger partial charge in [0.25, 0.3) is 6.01 Å². The summed E-state index contributed by atoms with van der Waals surface area (Å²) < 4.78 is 40.8. The molecular formula is C26H22F2N2O3. The van der Waals surface area contributed by atoms with Gasteiger partial charge in [-0.2, -0.15) is 4.98 Å². The predicted molar refractivity (Wildman–Crippen MR) is 121 cm³/mol. The summed E-state index contributed by atoms with van der Waals surface area (Å²) in [6.45, 7) is 2.36. The van der Waals surface area contributed by atoms with E-state index in [-0.39, 0.29) is 47.0 Å². The predicted octanol–water partition coefficient (Wildman–Crippen LogP) is 5.75. The number of carbonyl (C=O) groups is 1. The summed E-state index contributed by atoms with van der Waals surface area (Å²) in [6, 6.07) is 18.1. The fraction of sp³-hybridized carbons (Fsp3) is 0.231. The van der Waals surface area contributed by atoms with Crippen molar-refractivity contribution < 1.29 is 23.0 Å². The van der Waals surface area contributed by atoms with E-state index >= 15 is 4.39 Å². The van der Waals surface area contributed by atoms with Crippen LogP contribution < -0.4 is 4.74 Å². The van der Waals surface area contributed by atoms with Gasteiger partial charge in [0, 0.05) is 12.0 Å². The summed E-state index contributed by atoms with van der Waals surface area (Å²) in [7, 11) is 0. The highest BCUT2D eigenvalue weighted by molar-refractivity contribution is 5.84. The van der Waals surface area contributed by atoms with Gasteiger partial charge in [-0.3, -0.25) is 4.79 Å². The van der Waals surface area contributed by atoms with Crippen molar-refractivity contribution in [3.05, 3.63) is 72.3 Å². The van der Waals surface area contributed by atoms with Crippen molar-refractivity contribution in [3.8, 4) is 28.3 Å². The fourth-order valence-electron chi connectivity index (χ4n) is 4.01. The molecule has 0 spiro atoms. The molecular weight excluding hydrogens is 426 g/mol. The Morgan fingerprint density at radius 1 is 1.06 bits per heavy atom. The molecule has 1 aliphatic rings. The van der Waals surface area contributed by atoms with Gasteiger partial charge < -0.3 is 14.5 Å². The smallest absolute Gasteiger partial charge is 0.309 e. The summed E-state index contributed by atoms with van der Waals surface area (Å²) in [5.74, 6) is -1.80. The van der Waals surface area contributed by atoms with Crippen LogP contribution in [0.1, 0.15) is 13.3 Å². The van der Waals surface area contributed by atoms with Crippen LogP contribution in [0.5, 0.6) is 6.01 Å². The Labute approximate surface area is 189 Å². The van der Waals surface area contributed by atoms with E-state index in [2.05, 4.69) is 9.97 Å². The third kappa shape index (κ3) is 4.18. The van der Waals surface area contributed by atoms with Crippen LogP contribution in [-0.2, 0) is 9.53 Å². The molecule has 7 heteroatoms. The van der Waals surface area contributed by atoms with Crippen molar-refractivity contribution in [1.29, 1.82) is 0 Å². The highest BCUT2D eigenvalue weighted by Crippen LogP contribution is 2.40. The number of ether oxygens (including phenoxy) is 2. The fourth-order valence-corrected chi connectivity index (χ4v) is 4.01. The Morgan fingerprint density at radius 3 is 2.48 bits per heavy atom. The Morgan fingerprint density at radius 2 is 1.76 bits per heavy atom. The number of halogens is 2. The molecule has 0 saturated heterocycles. The second kappa shape index (κ2) is 8.65. The van der Waals surface area contributed by atoms with E-state index in [4.69, 9.17) is 9.47 Å². The first-order valence-electron chi connectivity index (χ1n) is 10.9. The average molecular weight is 448 g/mol. The number of benzene rings is 3. The molecule has 0 aliphatic heterocycles. The van der Waals surface area contributed by atoms with E-state index in [0.29, 0.717) is 18.6 Å². The molecule has 4 aromatic rings. The number of H-pyrrole nitrogens is 1. The van der Waals surface area contributed by atoms with Crippen LogP contribution in [0.3, 0.4) is 0 Å². The van der Waals surface area contributed by atoms with Gasteiger partial charge in [-0.15, -0.1) is 0 Å². The summed E-state index contributed by atoms with van der Waals surface area (Å²) in [6.07, 6.45) is 0.686. The van der Waals surface area contributed by atoms with Crippen LogP contribution in [0.2, 0.25) is 0 Å². The average Bonchev–Trinajstić information content (AvgIpc) is 3.50. The molecule has 5 nitrogen and oxygen atoms in total. The summed E-state index contributed by atoms with van der Waals surface area (Å²) in [4.78, 5) is 18.7. The number of hydrogen-bond acceptors (Lipinski definition) is 4. The van der Waals surface area contributed by atoms with E-state index in [9.17, 15) is 9.18 Å². The normalized spacial score (nSPS) is 17.2. The first kappa shape index (κ1) is 21.1. The van der Waals surface area contributed by atoms with E-state index in [0.717, 1.165) is 11.1 Å². The van der Waals surface area contributed by atoms with Crippen LogP contribution in [0.4, 0.5) is 8.78 Å². The summed E-state index contributed by atoms with van der Waals surface area (Å²) in [5.41, 5.74) is 2.49. The van der Waals surface area contributed by atoms with E-state index in [1.165, 1.54) is 6.07 Å². The van der Waals surface area contributed by atoms with Crippen LogP contribution in [-0.4, -0.2) is 29.2 Å². The number of aromatic amines is 1. The lowest BCUT2D eigenvalue weighted by Crippen LogP contribution is -2.10. The molecule has 2 atom stereocenters. The van der Waals surface area contributed by atoms with E-state index in [1.807, 2.05) is 42.5 Å². The first-order chi connectivity index (χ1) is 16.0. The summed E-state index contributed by atoms with van der Waals surface area (Å²) >= 11 is 0. The molecule has 0 amide bonds. The highest BCUT2D eigenvalue weighted by atomic mass is 19.1. The molecule has 3 aromatic carbocycles. The van der Waals surface area contributed by atoms with E-state index in [1.54, 1.807) is 19.1 Å². The Bertz CT molecular complexity index is 1300. The van der Waals surface area contributed by atoms with Crippen LogP contribution in [0, 0.1) is 23.5 Å². The van der Waals surface area contributed by atoms with Crippen molar-refractivity contribution in [2.24, 2.45) is 11.8 Å². The highest BCUT2D eigenvalue weighted by Gasteiger charge is 2.44. The molecule has 5 rings (SSSR count). The molecule has 168 valence electrons. The number of carbonyl (C=O) groups excluding carboxylic acids is 1. The third-order valence-corrected chi connectivity index (χ3v) is 5.87. The maximum absolute atomic E-state index is 15.3. The lowest BCUT2D eigenvalue weighted by Gasteiger charge is -2.08. The Hall–Kier alpha value is -3.74. The maximum Gasteiger partial charge on any atom is 0.309 e. The van der Waals surface area contributed by atoms with Gasteiger partial charge in [-0.05, 0) is 30.0 Å². The number of imidazole rings is 1. The number of rotatable bonds is 7. The SMILES string of the molecule is CCOC(=O)C1CC1COc1nc2c(F)c(-c3ccc(-c4ccccc4)cc3)c(F)cc2[nH]1. The zero-order valence-electron chi connectivity index (χ0n) is 18.0. The van der Waals surface area contributed by atoms with Crippen LogP contribution in [0.15, 0.2) is 60.7 Å². The van der Waals surface area contributed by atoms with Gasteiger partial charge in [0.2, 0.25) is 0 Å². The van der Waals surface area contributed by atoms with Crippen LogP contribution in [0.25, 0.3) is 33.3 Å². The van der Waals surface area contributed by atoms with Crippen molar-refractivity contribution in [3.63, 3.8) is 0 Å². The monoisotopic (exact) mass is 448 g/mol. The minimum atomic E-state index is -0.751. The molecule has 1 saturated carbocycles. The Balaban J connectivity index is 1.36. The van der Waals surface area contributed by atoms with Crippen molar-refractivity contribution in [2.45, 2.75) is 13.3 Å². The standard InChI is InChI=1S/C26H22F2N2O3/c1-2-32-25(31)19-12-18(19)14-33-26-29-21-13-20(27)22(23(28)24(21)30-26)17-10-8-16(9-11-17)15-6-4-3-5-7-15/h3-11,13,18-19H,2,12,14H2,1H3,(H,29,30). The molecule has 2 unspecified atom stereocenters. The number of nitrogens with one attached hydrogen (secondary N) is 1. The second-order valence-corrected chi connectivity index (χ2v) is 8.09. The van der Waals surface area contributed by atoms with Gasteiger partial charge in [0.15, 0.2) is 5.82 Å². The first-order valence-corrected chi connectivity index (χ1v) is 10.9. The molecule has 0 radical (unpaired) electrons. The second-order valence-electron chi connectivity index (χ2n) is 8.09. The topological polar surface area (TPSA) is 64.2 Å². The number of esters is 1. The molecule has 1 heterocycles. The van der Waals surface area contributed by atoms with Gasteiger partial charge >= 0.3 is 5.97 Å². The van der Waals surface area contributed by atoms with Gasteiger partial charge in [-0.1, -0.05) is 54.6 Å². The minimum absolute atomic E-state index is 0.00581. The van der Waals surface area contributed by atoms with Gasteiger partial charge in [0.1, 0.15) is 11.3 Å². The molecule has 1 fully saturated rings. The summed E-state index contributed by atoms with van der Waals surface area (Å²) in [5, 5.41) is 0. The number of nitrogens with zero attached hydrogens (tertiary/aromatic N) is 1. The minimum Gasteiger partial charge on any atom is -0.466 e. The third-order valence-electron chi connectivity index (χ3n) is 5.87. The number of aromatic nitrogens is 2. The number of hydrogen-bond donors (Lipinski definition) is 1. The van der Waals surface area contributed by atoms with Crippen LogP contribution >= 0.6 is 0 Å².